The highest BCUT2D eigenvalue weighted by Gasteiger charge is 2.46. The van der Waals surface area contributed by atoms with Crippen molar-refractivity contribution in [1.29, 1.82) is 0 Å². The maximum atomic E-state index is 11.2. The van der Waals surface area contributed by atoms with Gasteiger partial charge in [0.05, 0.1) is 16.8 Å². The van der Waals surface area contributed by atoms with E-state index >= 15 is 0 Å². The van der Waals surface area contributed by atoms with Crippen LogP contribution >= 0.6 is 0 Å². The number of carbonyl (C=O) groups is 1. The van der Waals surface area contributed by atoms with Crippen molar-refractivity contribution in [2.24, 2.45) is 11.3 Å². The van der Waals surface area contributed by atoms with Gasteiger partial charge >= 0.3 is 0 Å². The summed E-state index contributed by atoms with van der Waals surface area (Å²) in [5, 5.41) is 29.8. The Hall–Kier alpha value is -1.53. The largest absolute Gasteiger partial charge is 0.366 e. The molecule has 0 aromatic heterocycles. The van der Waals surface area contributed by atoms with Crippen molar-refractivity contribution in [2.45, 2.75) is 26.1 Å². The van der Waals surface area contributed by atoms with Crippen LogP contribution in [0.25, 0.3) is 0 Å². The van der Waals surface area contributed by atoms with E-state index in [1.165, 1.54) is 25.2 Å². The molecule has 0 bridgehead atoms. The minimum Gasteiger partial charge on any atom is -0.366 e. The lowest BCUT2D eigenvalue weighted by molar-refractivity contribution is -0.430. The summed E-state index contributed by atoms with van der Waals surface area (Å²) in [5.74, 6) is -2.93. The number of nitro groups is 1. The zero-order valence-electron chi connectivity index (χ0n) is 9.66. The van der Waals surface area contributed by atoms with Gasteiger partial charge in [-0.3, -0.25) is 10.1 Å². The molecule has 94 valence electrons. The van der Waals surface area contributed by atoms with Crippen molar-refractivity contribution in [3.8, 4) is 0 Å². The standard InChI is InChI=1S/C11H15NO5/c1-8(10(2,14)15)11(7-13)5-3-4-9(6-11)12(16)17/h3-5,7-8,14-15H,6H2,1-2H3/t8-,11+/m0/s1. The van der Waals surface area contributed by atoms with Gasteiger partial charge in [0, 0.05) is 12.0 Å². The molecule has 1 aliphatic rings. The van der Waals surface area contributed by atoms with Gasteiger partial charge in [0.2, 0.25) is 5.70 Å². The highest BCUT2D eigenvalue weighted by molar-refractivity contribution is 5.65. The fraction of sp³-hybridized carbons (Fsp3) is 0.545. The third kappa shape index (κ3) is 2.59. The Kier molecular flexibility index (Phi) is 3.49. The summed E-state index contributed by atoms with van der Waals surface area (Å²) in [4.78, 5) is 21.3. The van der Waals surface area contributed by atoms with Crippen molar-refractivity contribution in [3.63, 3.8) is 0 Å². The summed E-state index contributed by atoms with van der Waals surface area (Å²) >= 11 is 0. The number of aldehydes is 1. The molecule has 0 saturated heterocycles. The summed E-state index contributed by atoms with van der Waals surface area (Å²) in [7, 11) is 0. The van der Waals surface area contributed by atoms with E-state index in [-0.39, 0.29) is 12.1 Å². The number of carbonyl (C=O) groups excluding carboxylic acids is 1. The van der Waals surface area contributed by atoms with Crippen LogP contribution < -0.4 is 0 Å². The SMILES string of the molecule is C[C@@H](C(C)(O)O)[C@]1(C=O)C=CC=C([N+](=O)[O-])C1. The van der Waals surface area contributed by atoms with Crippen molar-refractivity contribution in [3.05, 3.63) is 34.0 Å². The first-order valence-electron chi connectivity index (χ1n) is 5.17. The molecule has 0 fully saturated rings. The molecule has 2 atom stereocenters. The first-order valence-corrected chi connectivity index (χ1v) is 5.17. The summed E-state index contributed by atoms with van der Waals surface area (Å²) in [6.07, 6.45) is 4.58. The van der Waals surface area contributed by atoms with Gasteiger partial charge in [-0.15, -0.1) is 0 Å². The Morgan fingerprint density at radius 1 is 1.65 bits per heavy atom. The van der Waals surface area contributed by atoms with Crippen LogP contribution in [0.4, 0.5) is 0 Å². The van der Waals surface area contributed by atoms with Crippen LogP contribution in [-0.2, 0) is 4.79 Å². The highest BCUT2D eigenvalue weighted by atomic mass is 16.6. The smallest absolute Gasteiger partial charge is 0.247 e. The first kappa shape index (κ1) is 13.5. The first-order chi connectivity index (χ1) is 7.73. The Morgan fingerprint density at radius 2 is 2.24 bits per heavy atom. The second-order valence-electron chi connectivity index (χ2n) is 4.50. The molecule has 0 aromatic carbocycles. The monoisotopic (exact) mass is 241 g/mol. The number of hydrogen-bond donors (Lipinski definition) is 2. The van der Waals surface area contributed by atoms with Crippen LogP contribution in [0, 0.1) is 21.4 Å². The van der Waals surface area contributed by atoms with Crippen LogP contribution in [0.2, 0.25) is 0 Å². The summed E-state index contributed by atoms with van der Waals surface area (Å²) in [6.45, 7) is 2.63. The summed E-state index contributed by atoms with van der Waals surface area (Å²) in [5.41, 5.74) is -1.37. The maximum absolute atomic E-state index is 11.2. The van der Waals surface area contributed by atoms with Crippen molar-refractivity contribution >= 4 is 6.29 Å². The third-order valence-electron chi connectivity index (χ3n) is 3.26. The van der Waals surface area contributed by atoms with Crippen LogP contribution in [0.15, 0.2) is 23.9 Å². The lowest BCUT2D eigenvalue weighted by atomic mass is 9.69. The van der Waals surface area contributed by atoms with Crippen LogP contribution in [0.5, 0.6) is 0 Å². The van der Waals surface area contributed by atoms with E-state index < -0.39 is 22.0 Å². The molecule has 1 aliphatic carbocycles. The lowest BCUT2D eigenvalue weighted by Gasteiger charge is -2.37. The number of aliphatic hydroxyl groups is 2. The van der Waals surface area contributed by atoms with Gasteiger partial charge in [0.25, 0.3) is 0 Å². The fourth-order valence-corrected chi connectivity index (χ4v) is 1.88. The Labute approximate surface area is 98.4 Å². The molecule has 0 radical (unpaired) electrons. The Balaban J connectivity index is 3.09. The number of hydrogen-bond acceptors (Lipinski definition) is 5. The predicted molar refractivity (Wildman–Crippen MR) is 59.3 cm³/mol. The second kappa shape index (κ2) is 4.38. The summed E-state index contributed by atoms with van der Waals surface area (Å²) < 4.78 is 0. The molecule has 2 N–H and O–H groups in total. The molecule has 0 aromatic rings. The fourth-order valence-electron chi connectivity index (χ4n) is 1.88. The highest BCUT2D eigenvalue weighted by Crippen LogP contribution is 2.41. The Bertz CT molecular complexity index is 393. The Morgan fingerprint density at radius 3 is 2.65 bits per heavy atom. The molecular weight excluding hydrogens is 226 g/mol. The minimum absolute atomic E-state index is 0.115. The van der Waals surface area contributed by atoms with Gasteiger partial charge in [-0.1, -0.05) is 19.1 Å². The lowest BCUT2D eigenvalue weighted by Crippen LogP contribution is -2.45. The second-order valence-corrected chi connectivity index (χ2v) is 4.50. The molecule has 6 heteroatoms. The maximum Gasteiger partial charge on any atom is 0.247 e. The molecule has 6 nitrogen and oxygen atoms in total. The van der Waals surface area contributed by atoms with Crippen molar-refractivity contribution in [2.75, 3.05) is 0 Å². The van der Waals surface area contributed by atoms with Gasteiger partial charge in [-0.25, -0.2) is 0 Å². The number of nitrogens with zero attached hydrogens (tertiary/aromatic N) is 1. The van der Waals surface area contributed by atoms with Crippen LogP contribution in [0.1, 0.15) is 20.3 Å². The van der Waals surface area contributed by atoms with E-state index in [2.05, 4.69) is 0 Å². The van der Waals surface area contributed by atoms with E-state index in [0.717, 1.165) is 6.92 Å². The quantitative estimate of drug-likeness (QED) is 0.325. The average molecular weight is 241 g/mol. The molecule has 0 amide bonds. The predicted octanol–water partition coefficient (Wildman–Crippen LogP) is 0.629. The van der Waals surface area contributed by atoms with Gasteiger partial charge < -0.3 is 15.0 Å². The molecule has 0 spiro atoms. The molecule has 1 rings (SSSR count). The number of rotatable bonds is 4. The van der Waals surface area contributed by atoms with Gasteiger partial charge in [-0.2, -0.15) is 0 Å². The third-order valence-corrected chi connectivity index (χ3v) is 3.26. The van der Waals surface area contributed by atoms with Crippen LogP contribution in [-0.4, -0.2) is 27.2 Å². The van der Waals surface area contributed by atoms with E-state index in [4.69, 9.17) is 0 Å². The normalized spacial score (nSPS) is 26.2. The van der Waals surface area contributed by atoms with E-state index in [0.29, 0.717) is 6.29 Å². The van der Waals surface area contributed by atoms with E-state index in [1.807, 2.05) is 0 Å². The molecule has 0 heterocycles. The minimum atomic E-state index is -2.08. The van der Waals surface area contributed by atoms with Crippen molar-refractivity contribution < 1.29 is 19.9 Å². The van der Waals surface area contributed by atoms with E-state index in [1.54, 1.807) is 0 Å². The van der Waals surface area contributed by atoms with Crippen LogP contribution in [0.3, 0.4) is 0 Å². The molecule has 0 saturated carbocycles. The van der Waals surface area contributed by atoms with Gasteiger partial charge in [0.15, 0.2) is 5.79 Å². The molecular formula is C11H15NO5. The van der Waals surface area contributed by atoms with Gasteiger partial charge in [0.1, 0.15) is 6.29 Å². The summed E-state index contributed by atoms with van der Waals surface area (Å²) in [6, 6.07) is 0. The molecule has 0 unspecified atom stereocenters. The zero-order chi connectivity index (χ0) is 13.3. The molecule has 0 aliphatic heterocycles. The zero-order valence-corrected chi connectivity index (χ0v) is 9.66. The number of allylic oxidation sites excluding steroid dienone is 4. The average Bonchev–Trinajstić information content (AvgIpc) is 2.26. The topological polar surface area (TPSA) is 101 Å². The molecule has 17 heavy (non-hydrogen) atoms. The van der Waals surface area contributed by atoms with Gasteiger partial charge in [-0.05, 0) is 6.92 Å². The van der Waals surface area contributed by atoms with Crippen molar-refractivity contribution in [1.82, 2.24) is 0 Å². The van der Waals surface area contributed by atoms with E-state index in [9.17, 15) is 25.1 Å².